The molecule has 146 valence electrons. The summed E-state index contributed by atoms with van der Waals surface area (Å²) < 4.78 is 25.6. The van der Waals surface area contributed by atoms with E-state index < -0.39 is 21.9 Å². The van der Waals surface area contributed by atoms with Gasteiger partial charge in [-0.3, -0.25) is 9.52 Å². The number of likely N-dealkylation sites (tertiary alicyclic amines) is 1. The number of rotatable bonds is 8. The van der Waals surface area contributed by atoms with E-state index in [4.69, 9.17) is 10.4 Å². The Bertz CT molecular complexity index is 865. The number of carbonyl (C=O) groups is 1. The predicted molar refractivity (Wildman–Crippen MR) is 102 cm³/mol. The largest absolute Gasteiger partial charge is 0.480 e. The van der Waals surface area contributed by atoms with Crippen LogP contribution in [0.2, 0.25) is 0 Å². The van der Waals surface area contributed by atoms with Crippen LogP contribution >= 0.6 is 0 Å². The second-order valence-electron chi connectivity index (χ2n) is 7.63. The van der Waals surface area contributed by atoms with Crippen LogP contribution in [-0.2, 0) is 20.2 Å². The number of carboxylic acid groups (broad SMARTS) is 1. The van der Waals surface area contributed by atoms with E-state index in [2.05, 4.69) is 22.6 Å². The highest BCUT2D eigenvalue weighted by molar-refractivity contribution is 7.92. The van der Waals surface area contributed by atoms with E-state index in [-0.39, 0.29) is 5.41 Å². The Morgan fingerprint density at radius 2 is 2.11 bits per heavy atom. The van der Waals surface area contributed by atoms with Gasteiger partial charge in [0.2, 0.25) is 10.0 Å². The third-order valence-electron chi connectivity index (χ3n) is 6.09. The van der Waals surface area contributed by atoms with Gasteiger partial charge in [-0.1, -0.05) is 19.1 Å². The molecule has 1 heterocycles. The number of benzene rings is 1. The highest BCUT2D eigenvalue weighted by Gasteiger charge is 2.67. The molecule has 1 saturated carbocycles. The van der Waals surface area contributed by atoms with E-state index in [0.29, 0.717) is 30.5 Å². The smallest absolute Gasteiger partial charge is 0.320 e. The lowest BCUT2D eigenvalue weighted by Crippen LogP contribution is -2.32. The number of nitriles is 1. The molecular weight excluding hydrogens is 366 g/mol. The fourth-order valence-electron chi connectivity index (χ4n) is 4.80. The molecule has 3 rings (SSSR count). The molecular formula is C19H25N3O4S. The summed E-state index contributed by atoms with van der Waals surface area (Å²) in [4.78, 5) is 13.2. The van der Waals surface area contributed by atoms with Crippen molar-refractivity contribution in [3.05, 3.63) is 29.8 Å². The van der Waals surface area contributed by atoms with Crippen molar-refractivity contribution in [2.75, 3.05) is 30.6 Å². The van der Waals surface area contributed by atoms with Gasteiger partial charge in [-0.25, -0.2) is 8.42 Å². The van der Waals surface area contributed by atoms with E-state index in [0.717, 1.165) is 31.3 Å². The number of hydrogen-bond donors (Lipinski definition) is 2. The monoisotopic (exact) mass is 391 g/mol. The number of sulfonamides is 1. The van der Waals surface area contributed by atoms with Crippen molar-refractivity contribution in [3.8, 4) is 6.07 Å². The van der Waals surface area contributed by atoms with Gasteiger partial charge in [0, 0.05) is 24.2 Å². The van der Waals surface area contributed by atoms with Gasteiger partial charge in [-0.05, 0) is 48.9 Å². The molecule has 0 spiro atoms. The Balaban J connectivity index is 1.67. The molecule has 27 heavy (non-hydrogen) atoms. The minimum Gasteiger partial charge on any atom is -0.480 e. The van der Waals surface area contributed by atoms with Crippen molar-refractivity contribution in [2.45, 2.75) is 25.2 Å². The molecule has 0 amide bonds. The summed E-state index contributed by atoms with van der Waals surface area (Å²) in [6, 6.07) is 9.48. The SMILES string of the molecule is CCC1(c2cccc(NS(C)(=O)=O)c2)C2CN(CCC(C#N)C(=O)O)CC21. The summed E-state index contributed by atoms with van der Waals surface area (Å²) in [7, 11) is -3.31. The molecule has 8 heteroatoms. The van der Waals surface area contributed by atoms with Crippen LogP contribution in [-0.4, -0.2) is 50.3 Å². The van der Waals surface area contributed by atoms with Gasteiger partial charge in [0.1, 0.15) is 5.92 Å². The average Bonchev–Trinajstić information content (AvgIpc) is 2.97. The fourth-order valence-corrected chi connectivity index (χ4v) is 5.35. The maximum Gasteiger partial charge on any atom is 0.320 e. The van der Waals surface area contributed by atoms with Crippen molar-refractivity contribution >= 4 is 21.7 Å². The molecule has 0 radical (unpaired) electrons. The van der Waals surface area contributed by atoms with Crippen LogP contribution < -0.4 is 4.72 Å². The first-order chi connectivity index (χ1) is 12.7. The van der Waals surface area contributed by atoms with Crippen LogP contribution in [0.1, 0.15) is 25.3 Å². The number of nitrogens with zero attached hydrogens (tertiary/aromatic N) is 2. The van der Waals surface area contributed by atoms with Gasteiger partial charge >= 0.3 is 5.97 Å². The zero-order chi connectivity index (χ0) is 19.8. The molecule has 1 aromatic carbocycles. The van der Waals surface area contributed by atoms with Gasteiger partial charge in [0.15, 0.2) is 0 Å². The van der Waals surface area contributed by atoms with E-state index in [1.165, 1.54) is 0 Å². The van der Waals surface area contributed by atoms with Gasteiger partial charge < -0.3 is 10.0 Å². The maximum atomic E-state index is 11.5. The van der Waals surface area contributed by atoms with Crippen molar-refractivity contribution in [1.82, 2.24) is 4.90 Å². The quantitative estimate of drug-likeness (QED) is 0.700. The van der Waals surface area contributed by atoms with E-state index in [1.54, 1.807) is 6.07 Å². The second-order valence-corrected chi connectivity index (χ2v) is 9.38. The average molecular weight is 391 g/mol. The molecule has 1 aromatic rings. The summed E-state index contributed by atoms with van der Waals surface area (Å²) in [6.07, 6.45) is 2.47. The van der Waals surface area contributed by atoms with Crippen LogP contribution in [0.5, 0.6) is 0 Å². The van der Waals surface area contributed by atoms with Gasteiger partial charge in [0.25, 0.3) is 0 Å². The number of fused-ring (bicyclic) bond motifs is 1. The highest BCUT2D eigenvalue weighted by atomic mass is 32.2. The number of aliphatic carboxylic acids is 1. The molecule has 0 aromatic heterocycles. The highest BCUT2D eigenvalue weighted by Crippen LogP contribution is 2.65. The summed E-state index contributed by atoms with van der Waals surface area (Å²) in [6.45, 7) is 4.56. The topological polar surface area (TPSA) is 111 Å². The molecule has 2 N–H and O–H groups in total. The zero-order valence-electron chi connectivity index (χ0n) is 15.6. The predicted octanol–water partition coefficient (Wildman–Crippen LogP) is 1.88. The normalized spacial score (nSPS) is 28.2. The van der Waals surface area contributed by atoms with Crippen LogP contribution in [0.4, 0.5) is 5.69 Å². The maximum absolute atomic E-state index is 11.5. The Kier molecular flexibility index (Phi) is 5.19. The van der Waals surface area contributed by atoms with E-state index in [1.807, 2.05) is 18.2 Å². The third-order valence-corrected chi connectivity index (χ3v) is 6.69. The van der Waals surface area contributed by atoms with Crippen LogP contribution in [0, 0.1) is 29.1 Å². The van der Waals surface area contributed by atoms with Crippen LogP contribution in [0.15, 0.2) is 24.3 Å². The molecule has 2 aliphatic rings. The summed E-state index contributed by atoms with van der Waals surface area (Å²) in [5, 5.41) is 17.9. The molecule has 1 saturated heterocycles. The number of hydrogen-bond acceptors (Lipinski definition) is 5. The minimum absolute atomic E-state index is 0.0626. The standard InChI is InChI=1S/C19H25N3O4S/c1-3-19(14-5-4-6-15(9-14)21-27(2,25)26)16-11-22(12-17(16)19)8-7-13(10-20)18(23)24/h4-6,9,13,16-17,21H,3,7-8,11-12H2,1-2H3,(H,23,24). The number of nitrogens with one attached hydrogen (secondary N) is 1. The van der Waals surface area contributed by atoms with Crippen molar-refractivity contribution in [1.29, 1.82) is 5.26 Å². The van der Waals surface area contributed by atoms with Gasteiger partial charge in [0.05, 0.1) is 12.3 Å². The Hall–Kier alpha value is -2.11. The lowest BCUT2D eigenvalue weighted by molar-refractivity contribution is -0.140. The van der Waals surface area contributed by atoms with Crippen LogP contribution in [0.25, 0.3) is 0 Å². The molecule has 1 aliphatic carbocycles. The van der Waals surface area contributed by atoms with Gasteiger partial charge in [-0.2, -0.15) is 5.26 Å². The number of piperidine rings is 1. The molecule has 3 unspecified atom stereocenters. The molecule has 0 bridgehead atoms. The van der Waals surface area contributed by atoms with E-state index in [9.17, 15) is 13.2 Å². The van der Waals surface area contributed by atoms with Crippen molar-refractivity contribution in [3.63, 3.8) is 0 Å². The van der Waals surface area contributed by atoms with Crippen molar-refractivity contribution in [2.24, 2.45) is 17.8 Å². The molecule has 2 fully saturated rings. The number of carboxylic acids is 1. The first kappa shape index (κ1) is 19.6. The lowest BCUT2D eigenvalue weighted by Gasteiger charge is -2.27. The Labute approximate surface area is 160 Å². The first-order valence-electron chi connectivity index (χ1n) is 9.14. The first-order valence-corrected chi connectivity index (χ1v) is 11.0. The summed E-state index contributed by atoms with van der Waals surface area (Å²) >= 11 is 0. The Morgan fingerprint density at radius 3 is 2.63 bits per heavy atom. The van der Waals surface area contributed by atoms with Gasteiger partial charge in [-0.15, -0.1) is 0 Å². The fraction of sp³-hybridized carbons (Fsp3) is 0.579. The number of anilines is 1. The molecule has 1 aliphatic heterocycles. The zero-order valence-corrected chi connectivity index (χ0v) is 16.4. The molecule has 7 nitrogen and oxygen atoms in total. The minimum atomic E-state index is -3.31. The Morgan fingerprint density at radius 1 is 1.44 bits per heavy atom. The summed E-state index contributed by atoms with van der Waals surface area (Å²) in [5.41, 5.74) is 1.81. The molecule has 3 atom stereocenters. The summed E-state index contributed by atoms with van der Waals surface area (Å²) in [5.74, 6) is -1.03. The van der Waals surface area contributed by atoms with E-state index >= 15 is 0 Å². The van der Waals surface area contributed by atoms with Crippen LogP contribution in [0.3, 0.4) is 0 Å². The third kappa shape index (κ3) is 3.80. The second kappa shape index (κ2) is 7.13. The lowest BCUT2D eigenvalue weighted by atomic mass is 9.87. The van der Waals surface area contributed by atoms with Crippen molar-refractivity contribution < 1.29 is 18.3 Å².